The van der Waals surface area contributed by atoms with Gasteiger partial charge in [0.1, 0.15) is 0 Å². The van der Waals surface area contributed by atoms with Crippen molar-refractivity contribution >= 4 is 39.1 Å². The van der Waals surface area contributed by atoms with Crippen molar-refractivity contribution in [2.24, 2.45) is 0 Å². The maximum Gasteiger partial charge on any atom is 0.251 e. The van der Waals surface area contributed by atoms with Crippen molar-refractivity contribution in [2.75, 3.05) is 13.1 Å². The Kier molecular flexibility index (Phi) is 6.86. The molecule has 0 spiro atoms. The summed E-state index contributed by atoms with van der Waals surface area (Å²) in [4.78, 5) is 27.8. The van der Waals surface area contributed by atoms with E-state index in [-0.39, 0.29) is 17.9 Å². The van der Waals surface area contributed by atoms with Gasteiger partial charge < -0.3 is 10.2 Å². The maximum absolute atomic E-state index is 12.4. The van der Waals surface area contributed by atoms with E-state index in [2.05, 4.69) is 33.4 Å². The van der Waals surface area contributed by atoms with Crippen LogP contribution in [0.15, 0.2) is 46.3 Å². The highest BCUT2D eigenvalue weighted by Gasteiger charge is 2.23. The van der Waals surface area contributed by atoms with Crippen LogP contribution in [0, 0.1) is 0 Å². The molecule has 26 heavy (non-hydrogen) atoms. The minimum absolute atomic E-state index is 0.0301. The summed E-state index contributed by atoms with van der Waals surface area (Å²) < 4.78 is 1.14. The van der Waals surface area contributed by atoms with Crippen LogP contribution in [-0.2, 0) is 11.2 Å². The van der Waals surface area contributed by atoms with Crippen molar-refractivity contribution < 1.29 is 9.59 Å². The van der Waals surface area contributed by atoms with E-state index in [4.69, 9.17) is 0 Å². The fourth-order valence-corrected chi connectivity index (χ4v) is 4.71. The van der Waals surface area contributed by atoms with E-state index in [0.717, 1.165) is 42.6 Å². The van der Waals surface area contributed by atoms with E-state index in [1.807, 2.05) is 35.2 Å². The van der Waals surface area contributed by atoms with Gasteiger partial charge in [-0.3, -0.25) is 9.59 Å². The molecule has 1 N–H and O–H groups in total. The monoisotopic (exact) mass is 434 g/mol. The minimum Gasteiger partial charge on any atom is -0.349 e. The second-order valence-electron chi connectivity index (χ2n) is 6.55. The Morgan fingerprint density at radius 3 is 2.50 bits per heavy atom. The quantitative estimate of drug-likeness (QED) is 0.738. The molecule has 0 bridgehead atoms. The number of carbonyl (C=O) groups is 2. The van der Waals surface area contributed by atoms with Gasteiger partial charge in [-0.25, -0.2) is 0 Å². The molecule has 2 heterocycles. The molecule has 1 aliphatic rings. The Hall–Kier alpha value is -1.66. The fraction of sp³-hybridized carbons (Fsp3) is 0.400. The zero-order chi connectivity index (χ0) is 18.4. The average Bonchev–Trinajstić information content (AvgIpc) is 3.08. The van der Waals surface area contributed by atoms with E-state index in [0.29, 0.717) is 12.0 Å². The number of piperidine rings is 1. The van der Waals surface area contributed by atoms with Crippen LogP contribution < -0.4 is 5.32 Å². The summed E-state index contributed by atoms with van der Waals surface area (Å²) in [5, 5.41) is 3.08. The van der Waals surface area contributed by atoms with Crippen LogP contribution in [-0.4, -0.2) is 35.8 Å². The smallest absolute Gasteiger partial charge is 0.251 e. The first kappa shape index (κ1) is 19.1. The summed E-state index contributed by atoms with van der Waals surface area (Å²) in [5.74, 6) is 0.200. The summed E-state index contributed by atoms with van der Waals surface area (Å²) in [6.07, 6.45) is 4.07. The van der Waals surface area contributed by atoms with Crippen molar-refractivity contribution in [3.05, 3.63) is 56.7 Å². The maximum atomic E-state index is 12.4. The Labute approximate surface area is 166 Å². The molecule has 138 valence electrons. The van der Waals surface area contributed by atoms with Gasteiger partial charge in [-0.2, -0.15) is 0 Å². The molecule has 1 fully saturated rings. The molecular formula is C20H23BrN2O2S. The van der Waals surface area contributed by atoms with Crippen LogP contribution in [0.2, 0.25) is 0 Å². The van der Waals surface area contributed by atoms with Crippen LogP contribution in [0.25, 0.3) is 0 Å². The van der Waals surface area contributed by atoms with E-state index < -0.39 is 0 Å². The Morgan fingerprint density at radius 2 is 1.85 bits per heavy atom. The lowest BCUT2D eigenvalue weighted by Crippen LogP contribution is -2.46. The second-order valence-corrected chi connectivity index (χ2v) is 9.10. The lowest BCUT2D eigenvalue weighted by Gasteiger charge is -2.32. The van der Waals surface area contributed by atoms with Gasteiger partial charge in [0.15, 0.2) is 0 Å². The molecule has 1 aliphatic heterocycles. The Balaban J connectivity index is 1.37. The molecule has 0 unspecified atom stereocenters. The average molecular weight is 435 g/mol. The van der Waals surface area contributed by atoms with Crippen molar-refractivity contribution in [1.82, 2.24) is 10.2 Å². The van der Waals surface area contributed by atoms with Gasteiger partial charge in [0.25, 0.3) is 5.91 Å². The zero-order valence-corrected chi connectivity index (χ0v) is 17.0. The number of thiophene rings is 1. The number of carbonyl (C=O) groups excluding carboxylic acids is 2. The van der Waals surface area contributed by atoms with Crippen molar-refractivity contribution in [3.63, 3.8) is 0 Å². The normalized spacial score (nSPS) is 15.0. The number of hydrogen-bond donors (Lipinski definition) is 1. The predicted molar refractivity (Wildman–Crippen MR) is 108 cm³/mol. The number of rotatable bonds is 6. The number of benzene rings is 1. The highest BCUT2D eigenvalue weighted by atomic mass is 79.9. The number of halogens is 1. The highest BCUT2D eigenvalue weighted by molar-refractivity contribution is 9.11. The number of nitrogens with one attached hydrogen (secondary N) is 1. The molecule has 4 nitrogen and oxygen atoms in total. The number of nitrogens with zero attached hydrogens (tertiary/aromatic N) is 1. The topological polar surface area (TPSA) is 49.4 Å². The number of aryl methyl sites for hydroxylation is 1. The van der Waals surface area contributed by atoms with E-state index in [1.54, 1.807) is 11.3 Å². The Bertz CT molecular complexity index is 739. The minimum atomic E-state index is -0.0301. The van der Waals surface area contributed by atoms with Crippen molar-refractivity contribution in [1.29, 1.82) is 0 Å². The highest BCUT2D eigenvalue weighted by Crippen LogP contribution is 2.23. The lowest BCUT2D eigenvalue weighted by molar-refractivity contribution is -0.132. The van der Waals surface area contributed by atoms with E-state index in [1.165, 1.54) is 4.88 Å². The van der Waals surface area contributed by atoms with Crippen LogP contribution in [0.5, 0.6) is 0 Å². The van der Waals surface area contributed by atoms with Crippen molar-refractivity contribution in [2.45, 2.75) is 38.1 Å². The van der Waals surface area contributed by atoms with Gasteiger partial charge in [0.05, 0.1) is 3.79 Å². The first-order valence-electron chi connectivity index (χ1n) is 9.00. The summed E-state index contributed by atoms with van der Waals surface area (Å²) in [5.41, 5.74) is 0.686. The summed E-state index contributed by atoms with van der Waals surface area (Å²) in [6, 6.07) is 13.6. The van der Waals surface area contributed by atoms with Crippen molar-refractivity contribution in [3.8, 4) is 0 Å². The second kappa shape index (κ2) is 9.33. The third-order valence-electron chi connectivity index (χ3n) is 4.66. The van der Waals surface area contributed by atoms with E-state index >= 15 is 0 Å². The molecule has 0 radical (unpaired) electrons. The first-order valence-corrected chi connectivity index (χ1v) is 10.6. The molecule has 0 aliphatic carbocycles. The molecule has 1 saturated heterocycles. The fourth-order valence-electron chi connectivity index (χ4n) is 3.19. The largest absolute Gasteiger partial charge is 0.349 e. The van der Waals surface area contributed by atoms with Crippen LogP contribution in [0.3, 0.4) is 0 Å². The third-order valence-corrected chi connectivity index (χ3v) is 6.34. The van der Waals surface area contributed by atoms with Crippen LogP contribution in [0.4, 0.5) is 0 Å². The molecular weight excluding hydrogens is 412 g/mol. The van der Waals surface area contributed by atoms with Gasteiger partial charge in [0, 0.05) is 36.0 Å². The van der Waals surface area contributed by atoms with Gasteiger partial charge in [-0.1, -0.05) is 18.2 Å². The molecule has 3 rings (SSSR count). The SMILES string of the molecule is O=C(NC1CCN(C(=O)CCCc2ccc(Br)s2)CC1)c1ccccc1. The lowest BCUT2D eigenvalue weighted by atomic mass is 10.0. The molecule has 1 aromatic carbocycles. The molecule has 6 heteroatoms. The molecule has 0 saturated carbocycles. The molecule has 2 aromatic rings. The van der Waals surface area contributed by atoms with Crippen LogP contribution in [0.1, 0.15) is 40.9 Å². The number of likely N-dealkylation sites (tertiary alicyclic amines) is 1. The van der Waals surface area contributed by atoms with Gasteiger partial charge in [0.2, 0.25) is 5.91 Å². The molecule has 0 atom stereocenters. The van der Waals surface area contributed by atoms with E-state index in [9.17, 15) is 9.59 Å². The number of hydrogen-bond acceptors (Lipinski definition) is 3. The molecule has 1 aromatic heterocycles. The standard InChI is InChI=1S/C20H23BrN2O2S/c21-18-10-9-17(26-18)7-4-8-19(24)23-13-11-16(12-14-23)22-20(25)15-5-2-1-3-6-15/h1-3,5-6,9-10,16H,4,7-8,11-14H2,(H,22,25). The Morgan fingerprint density at radius 1 is 1.12 bits per heavy atom. The summed E-state index contributed by atoms with van der Waals surface area (Å²) >= 11 is 5.20. The van der Waals surface area contributed by atoms with Gasteiger partial charge in [-0.15, -0.1) is 11.3 Å². The zero-order valence-electron chi connectivity index (χ0n) is 14.6. The third kappa shape index (κ3) is 5.42. The number of amides is 2. The molecule has 2 amide bonds. The van der Waals surface area contributed by atoms with Crippen LogP contribution >= 0.6 is 27.3 Å². The first-order chi connectivity index (χ1) is 12.6. The summed E-state index contributed by atoms with van der Waals surface area (Å²) in [6.45, 7) is 1.45. The van der Waals surface area contributed by atoms with Gasteiger partial charge in [-0.05, 0) is 65.9 Å². The summed E-state index contributed by atoms with van der Waals surface area (Å²) in [7, 11) is 0. The van der Waals surface area contributed by atoms with Gasteiger partial charge >= 0.3 is 0 Å². The predicted octanol–water partition coefficient (Wildman–Crippen LogP) is 4.25.